The number of hydrogen-bond acceptors (Lipinski definition) is 3. The summed E-state index contributed by atoms with van der Waals surface area (Å²) in [6.07, 6.45) is 2.48. The molecule has 2 rings (SSSR count). The molecule has 16 heavy (non-hydrogen) atoms. The Morgan fingerprint density at radius 2 is 2.06 bits per heavy atom. The first-order valence-corrected chi connectivity index (χ1v) is 5.75. The van der Waals surface area contributed by atoms with Gasteiger partial charge in [0.1, 0.15) is 0 Å². The average molecular weight is 233 g/mol. The molecule has 0 spiro atoms. The summed E-state index contributed by atoms with van der Waals surface area (Å²) in [4.78, 5) is 15.5. The van der Waals surface area contributed by atoms with Crippen molar-refractivity contribution in [3.63, 3.8) is 0 Å². The lowest BCUT2D eigenvalue weighted by Gasteiger charge is -1.95. The van der Waals surface area contributed by atoms with Gasteiger partial charge in [0, 0.05) is 17.5 Å². The van der Waals surface area contributed by atoms with Crippen LogP contribution in [0.15, 0.2) is 36.5 Å². The number of carboxylic acids is 1. The van der Waals surface area contributed by atoms with Crippen LogP contribution < -0.4 is 0 Å². The largest absolute Gasteiger partial charge is 0.481 e. The van der Waals surface area contributed by atoms with E-state index < -0.39 is 5.97 Å². The van der Waals surface area contributed by atoms with Crippen LogP contribution in [0.4, 0.5) is 0 Å². The maximum atomic E-state index is 10.5. The third-order valence-electron chi connectivity index (χ3n) is 2.13. The summed E-state index contributed by atoms with van der Waals surface area (Å²) in [6, 6.07) is 10.0. The van der Waals surface area contributed by atoms with Crippen molar-refractivity contribution in [1.82, 2.24) is 4.98 Å². The molecule has 0 radical (unpaired) electrons. The Balaban J connectivity index is 2.06. The molecule has 1 aromatic carbocycles. The predicted octanol–water partition coefficient (Wildman–Crippen LogP) is 2.36. The van der Waals surface area contributed by atoms with Gasteiger partial charge >= 0.3 is 5.97 Å². The van der Waals surface area contributed by atoms with E-state index in [2.05, 4.69) is 4.98 Å². The number of benzene rings is 1. The molecular formula is C12H11NO2S. The molecule has 1 heterocycles. The van der Waals surface area contributed by atoms with Crippen molar-refractivity contribution in [2.24, 2.45) is 0 Å². The maximum absolute atomic E-state index is 10.5. The second kappa shape index (κ2) is 4.90. The molecule has 0 aliphatic carbocycles. The molecule has 0 bridgehead atoms. The van der Waals surface area contributed by atoms with Gasteiger partial charge in [-0.25, -0.2) is 4.98 Å². The topological polar surface area (TPSA) is 50.2 Å². The van der Waals surface area contributed by atoms with Crippen molar-refractivity contribution in [2.45, 2.75) is 12.8 Å². The summed E-state index contributed by atoms with van der Waals surface area (Å²) in [7, 11) is 0. The lowest BCUT2D eigenvalue weighted by Crippen LogP contribution is -1.97. The quantitative estimate of drug-likeness (QED) is 0.882. The maximum Gasteiger partial charge on any atom is 0.308 e. The molecule has 3 nitrogen and oxygen atoms in total. The standard InChI is InChI=1S/C12H11NO2S/c14-12(15)7-10-8-13-11(16-10)6-9-4-2-1-3-5-9/h1-5,8H,6-7H2,(H,14,15). The lowest BCUT2D eigenvalue weighted by atomic mass is 10.2. The first kappa shape index (κ1) is 10.8. The number of aromatic nitrogens is 1. The molecule has 1 aromatic heterocycles. The molecule has 0 saturated carbocycles. The van der Waals surface area contributed by atoms with Gasteiger partial charge in [-0.3, -0.25) is 4.79 Å². The van der Waals surface area contributed by atoms with Crippen LogP contribution in [0.5, 0.6) is 0 Å². The predicted molar refractivity (Wildman–Crippen MR) is 62.7 cm³/mol. The van der Waals surface area contributed by atoms with Crippen molar-refractivity contribution in [1.29, 1.82) is 0 Å². The van der Waals surface area contributed by atoms with E-state index in [-0.39, 0.29) is 6.42 Å². The Bertz CT molecular complexity index is 479. The normalized spacial score (nSPS) is 10.2. The van der Waals surface area contributed by atoms with Gasteiger partial charge in [0.2, 0.25) is 0 Å². The van der Waals surface area contributed by atoms with Crippen molar-refractivity contribution in [3.8, 4) is 0 Å². The van der Waals surface area contributed by atoms with Gasteiger partial charge in [-0.1, -0.05) is 30.3 Å². The second-order valence-electron chi connectivity index (χ2n) is 3.45. The summed E-state index contributed by atoms with van der Waals surface area (Å²) >= 11 is 1.46. The average Bonchev–Trinajstić information content (AvgIpc) is 2.66. The number of thiazole rings is 1. The molecule has 0 atom stereocenters. The first-order chi connectivity index (χ1) is 7.74. The van der Waals surface area contributed by atoms with E-state index in [0.29, 0.717) is 0 Å². The Kier molecular flexibility index (Phi) is 3.31. The van der Waals surface area contributed by atoms with Crippen LogP contribution in [0.1, 0.15) is 15.4 Å². The Hall–Kier alpha value is -1.68. The molecule has 2 aromatic rings. The Labute approximate surface area is 97.4 Å². The molecule has 1 N–H and O–H groups in total. The minimum atomic E-state index is -0.810. The lowest BCUT2D eigenvalue weighted by molar-refractivity contribution is -0.136. The minimum Gasteiger partial charge on any atom is -0.481 e. The fraction of sp³-hybridized carbons (Fsp3) is 0.167. The monoisotopic (exact) mass is 233 g/mol. The van der Waals surface area contributed by atoms with E-state index in [1.54, 1.807) is 6.20 Å². The minimum absolute atomic E-state index is 0.0620. The SMILES string of the molecule is O=C(O)Cc1cnc(Cc2ccccc2)s1. The molecule has 82 valence electrons. The van der Waals surface area contributed by atoms with Crippen molar-refractivity contribution < 1.29 is 9.90 Å². The highest BCUT2D eigenvalue weighted by molar-refractivity contribution is 7.11. The van der Waals surface area contributed by atoms with Crippen LogP contribution in [0.3, 0.4) is 0 Å². The third kappa shape index (κ3) is 2.90. The zero-order chi connectivity index (χ0) is 11.4. The highest BCUT2D eigenvalue weighted by Crippen LogP contribution is 2.17. The summed E-state index contributed by atoms with van der Waals surface area (Å²) in [6.45, 7) is 0. The van der Waals surface area contributed by atoms with E-state index in [1.165, 1.54) is 16.9 Å². The van der Waals surface area contributed by atoms with Gasteiger partial charge in [0.25, 0.3) is 0 Å². The van der Waals surface area contributed by atoms with Crippen molar-refractivity contribution >= 4 is 17.3 Å². The van der Waals surface area contributed by atoms with Crippen LogP contribution in [-0.4, -0.2) is 16.1 Å². The zero-order valence-corrected chi connectivity index (χ0v) is 9.41. The van der Waals surface area contributed by atoms with Crippen molar-refractivity contribution in [3.05, 3.63) is 52.0 Å². The van der Waals surface area contributed by atoms with Gasteiger partial charge in [0.15, 0.2) is 0 Å². The summed E-state index contributed by atoms with van der Waals surface area (Å²) in [5.41, 5.74) is 1.19. The highest BCUT2D eigenvalue weighted by Gasteiger charge is 2.06. The van der Waals surface area contributed by atoms with Crippen LogP contribution in [0, 0.1) is 0 Å². The molecule has 0 unspecified atom stereocenters. The number of carboxylic acid groups (broad SMARTS) is 1. The van der Waals surface area contributed by atoms with Crippen LogP contribution in [-0.2, 0) is 17.6 Å². The van der Waals surface area contributed by atoms with Crippen LogP contribution in [0.2, 0.25) is 0 Å². The van der Waals surface area contributed by atoms with E-state index in [0.717, 1.165) is 16.3 Å². The Morgan fingerprint density at radius 1 is 1.31 bits per heavy atom. The fourth-order valence-electron chi connectivity index (χ4n) is 1.43. The van der Waals surface area contributed by atoms with Gasteiger partial charge < -0.3 is 5.11 Å². The summed E-state index contributed by atoms with van der Waals surface area (Å²) in [5, 5.41) is 9.61. The van der Waals surface area contributed by atoms with Crippen LogP contribution in [0.25, 0.3) is 0 Å². The van der Waals surface area contributed by atoms with E-state index >= 15 is 0 Å². The summed E-state index contributed by atoms with van der Waals surface area (Å²) in [5.74, 6) is -0.810. The zero-order valence-electron chi connectivity index (χ0n) is 8.59. The fourth-order valence-corrected chi connectivity index (χ4v) is 2.38. The molecule has 0 saturated heterocycles. The molecule has 0 aliphatic heterocycles. The van der Waals surface area contributed by atoms with Gasteiger partial charge in [0.05, 0.1) is 11.4 Å². The van der Waals surface area contributed by atoms with Gasteiger partial charge in [-0.15, -0.1) is 11.3 Å². The van der Waals surface area contributed by atoms with Gasteiger partial charge in [-0.05, 0) is 5.56 Å². The number of rotatable bonds is 4. The van der Waals surface area contributed by atoms with Crippen LogP contribution >= 0.6 is 11.3 Å². The number of carbonyl (C=O) groups is 1. The highest BCUT2D eigenvalue weighted by atomic mass is 32.1. The second-order valence-corrected chi connectivity index (χ2v) is 4.65. The molecular weight excluding hydrogens is 222 g/mol. The molecule has 4 heteroatoms. The van der Waals surface area contributed by atoms with Crippen molar-refractivity contribution in [2.75, 3.05) is 0 Å². The van der Waals surface area contributed by atoms with E-state index in [1.807, 2.05) is 30.3 Å². The molecule has 0 aliphatic rings. The van der Waals surface area contributed by atoms with E-state index in [9.17, 15) is 4.79 Å². The molecule has 0 amide bonds. The first-order valence-electron chi connectivity index (χ1n) is 4.93. The third-order valence-corrected chi connectivity index (χ3v) is 3.12. The number of nitrogens with zero attached hydrogens (tertiary/aromatic N) is 1. The molecule has 0 fully saturated rings. The van der Waals surface area contributed by atoms with E-state index in [4.69, 9.17) is 5.11 Å². The summed E-state index contributed by atoms with van der Waals surface area (Å²) < 4.78 is 0. The number of aliphatic carboxylic acids is 1. The smallest absolute Gasteiger partial charge is 0.308 e. The number of hydrogen-bond donors (Lipinski definition) is 1. The Morgan fingerprint density at radius 3 is 2.75 bits per heavy atom. The van der Waals surface area contributed by atoms with Gasteiger partial charge in [-0.2, -0.15) is 0 Å².